The number of carbonyl (C=O) groups excluding carboxylic acids is 1. The second-order valence-corrected chi connectivity index (χ2v) is 7.53. The lowest BCUT2D eigenvalue weighted by Crippen LogP contribution is -2.26. The summed E-state index contributed by atoms with van der Waals surface area (Å²) in [5, 5.41) is 9.57. The molecule has 8 nitrogen and oxygen atoms in total. The van der Waals surface area contributed by atoms with E-state index < -0.39 is 0 Å². The van der Waals surface area contributed by atoms with Gasteiger partial charge < -0.3 is 19.5 Å². The fraction of sp³-hybridized carbons (Fsp3) is 0.227. The molecule has 1 N–H and O–H groups in total. The van der Waals surface area contributed by atoms with Gasteiger partial charge >= 0.3 is 0 Å². The van der Waals surface area contributed by atoms with Crippen LogP contribution >= 0.6 is 11.3 Å². The summed E-state index contributed by atoms with van der Waals surface area (Å²) in [4.78, 5) is 18.0. The molecular weight excluding hydrogens is 416 g/mol. The highest BCUT2D eigenvalue weighted by Crippen LogP contribution is 2.24. The van der Waals surface area contributed by atoms with Crippen LogP contribution in [0.2, 0.25) is 0 Å². The molecule has 0 fully saturated rings. The van der Waals surface area contributed by atoms with E-state index in [9.17, 15) is 4.79 Å². The van der Waals surface area contributed by atoms with Gasteiger partial charge in [-0.2, -0.15) is 4.98 Å². The molecule has 160 valence electrons. The number of methoxy groups -OCH3 is 3. The highest BCUT2D eigenvalue weighted by Gasteiger charge is 2.13. The standard InChI is InChI=1S/C22H22N4O4S/c1-28-17-6-4-14(5-7-17)20-24-22-26(25-20)16(13-31-22)8-9-23-21(27)15-10-18(29-2)12-19(11-15)30-3/h4-7,10-13H,8-9H2,1-3H3,(H,23,27). The Kier molecular flexibility index (Phi) is 6.03. The number of benzene rings is 2. The maximum Gasteiger partial charge on any atom is 0.251 e. The number of thiazole rings is 1. The molecule has 4 aromatic rings. The number of ether oxygens (including phenoxy) is 3. The Balaban J connectivity index is 1.43. The summed E-state index contributed by atoms with van der Waals surface area (Å²) in [5.74, 6) is 2.38. The minimum atomic E-state index is -0.193. The van der Waals surface area contributed by atoms with Gasteiger partial charge in [0.1, 0.15) is 17.2 Å². The van der Waals surface area contributed by atoms with Crippen molar-refractivity contribution in [3.8, 4) is 28.6 Å². The largest absolute Gasteiger partial charge is 0.497 e. The number of nitrogens with zero attached hydrogens (tertiary/aromatic N) is 3. The van der Waals surface area contributed by atoms with Gasteiger partial charge in [0.15, 0.2) is 5.82 Å². The lowest BCUT2D eigenvalue weighted by molar-refractivity contribution is 0.0953. The van der Waals surface area contributed by atoms with Crippen LogP contribution in [-0.4, -0.2) is 48.4 Å². The van der Waals surface area contributed by atoms with Crippen molar-refractivity contribution in [1.29, 1.82) is 0 Å². The molecule has 9 heteroatoms. The Hall–Kier alpha value is -3.59. The molecule has 2 heterocycles. The predicted molar refractivity (Wildman–Crippen MR) is 118 cm³/mol. The summed E-state index contributed by atoms with van der Waals surface area (Å²) in [5.41, 5.74) is 2.38. The highest BCUT2D eigenvalue weighted by atomic mass is 32.1. The SMILES string of the molecule is COc1ccc(-c2nc3scc(CCNC(=O)c4cc(OC)cc(OC)c4)n3n2)cc1. The van der Waals surface area contributed by atoms with E-state index in [0.717, 1.165) is 22.0 Å². The Morgan fingerprint density at radius 1 is 1.00 bits per heavy atom. The van der Waals surface area contributed by atoms with Gasteiger partial charge in [0.25, 0.3) is 5.91 Å². The van der Waals surface area contributed by atoms with Gasteiger partial charge in [0, 0.05) is 35.5 Å². The zero-order valence-corrected chi connectivity index (χ0v) is 18.2. The van der Waals surface area contributed by atoms with Gasteiger partial charge in [-0.3, -0.25) is 4.79 Å². The van der Waals surface area contributed by atoms with E-state index in [-0.39, 0.29) is 5.91 Å². The molecule has 0 aliphatic carbocycles. The first kappa shape index (κ1) is 20.7. The number of fused-ring (bicyclic) bond motifs is 1. The van der Waals surface area contributed by atoms with Crippen molar-refractivity contribution in [3.63, 3.8) is 0 Å². The number of hydrogen-bond donors (Lipinski definition) is 1. The van der Waals surface area contributed by atoms with E-state index in [2.05, 4.69) is 15.4 Å². The van der Waals surface area contributed by atoms with Crippen molar-refractivity contribution < 1.29 is 19.0 Å². The first-order valence-corrected chi connectivity index (χ1v) is 10.5. The molecule has 1 amide bonds. The van der Waals surface area contributed by atoms with Crippen LogP contribution in [0.15, 0.2) is 47.8 Å². The Bertz CT molecular complexity index is 1180. The summed E-state index contributed by atoms with van der Waals surface area (Å²) >= 11 is 1.52. The van der Waals surface area contributed by atoms with E-state index in [4.69, 9.17) is 14.2 Å². The predicted octanol–water partition coefficient (Wildman–Crippen LogP) is 3.46. The zero-order chi connectivity index (χ0) is 21.8. The molecule has 4 rings (SSSR count). The fourth-order valence-electron chi connectivity index (χ4n) is 3.10. The maximum absolute atomic E-state index is 12.5. The van der Waals surface area contributed by atoms with Crippen LogP contribution < -0.4 is 19.5 Å². The molecular formula is C22H22N4O4S. The van der Waals surface area contributed by atoms with Crippen LogP contribution in [0.1, 0.15) is 16.1 Å². The van der Waals surface area contributed by atoms with Gasteiger partial charge in [-0.25, -0.2) is 4.52 Å². The second kappa shape index (κ2) is 9.05. The minimum Gasteiger partial charge on any atom is -0.497 e. The van der Waals surface area contributed by atoms with Crippen molar-refractivity contribution in [2.45, 2.75) is 6.42 Å². The van der Waals surface area contributed by atoms with Gasteiger partial charge in [-0.1, -0.05) is 0 Å². The number of amides is 1. The van der Waals surface area contributed by atoms with Crippen molar-refractivity contribution in [2.24, 2.45) is 0 Å². The van der Waals surface area contributed by atoms with Crippen LogP contribution in [0.3, 0.4) is 0 Å². The molecule has 31 heavy (non-hydrogen) atoms. The molecule has 0 spiro atoms. The summed E-state index contributed by atoms with van der Waals surface area (Å²) in [6, 6.07) is 12.7. The Morgan fingerprint density at radius 2 is 1.68 bits per heavy atom. The maximum atomic E-state index is 12.5. The average Bonchev–Trinajstić information content (AvgIpc) is 3.40. The fourth-order valence-corrected chi connectivity index (χ4v) is 3.96. The van der Waals surface area contributed by atoms with E-state index in [1.54, 1.807) is 39.5 Å². The average molecular weight is 439 g/mol. The van der Waals surface area contributed by atoms with Gasteiger partial charge in [-0.05, 0) is 36.4 Å². The molecule has 2 aromatic carbocycles. The van der Waals surface area contributed by atoms with Crippen LogP contribution in [0, 0.1) is 0 Å². The molecule has 0 saturated carbocycles. The van der Waals surface area contributed by atoms with Crippen molar-refractivity contribution in [2.75, 3.05) is 27.9 Å². The van der Waals surface area contributed by atoms with Crippen molar-refractivity contribution in [3.05, 3.63) is 59.1 Å². The highest BCUT2D eigenvalue weighted by molar-refractivity contribution is 7.15. The minimum absolute atomic E-state index is 0.193. The monoisotopic (exact) mass is 438 g/mol. The van der Waals surface area contributed by atoms with Crippen LogP contribution in [-0.2, 0) is 6.42 Å². The number of nitrogens with one attached hydrogen (secondary N) is 1. The lowest BCUT2D eigenvalue weighted by Gasteiger charge is -2.09. The summed E-state index contributed by atoms with van der Waals surface area (Å²) < 4.78 is 17.5. The third kappa shape index (κ3) is 4.46. The summed E-state index contributed by atoms with van der Waals surface area (Å²) in [7, 11) is 4.74. The molecule has 2 aromatic heterocycles. The molecule has 0 radical (unpaired) electrons. The number of carbonyl (C=O) groups is 1. The van der Waals surface area contributed by atoms with Crippen LogP contribution in [0.5, 0.6) is 17.2 Å². The zero-order valence-electron chi connectivity index (χ0n) is 17.4. The van der Waals surface area contributed by atoms with Gasteiger partial charge in [-0.15, -0.1) is 16.4 Å². The second-order valence-electron chi connectivity index (χ2n) is 6.69. The van der Waals surface area contributed by atoms with Crippen LogP contribution in [0.25, 0.3) is 16.3 Å². The number of aromatic nitrogens is 3. The number of rotatable bonds is 8. The van der Waals surface area contributed by atoms with Crippen molar-refractivity contribution in [1.82, 2.24) is 19.9 Å². The van der Waals surface area contributed by atoms with Crippen LogP contribution in [0.4, 0.5) is 0 Å². The first-order chi connectivity index (χ1) is 15.1. The number of hydrogen-bond acceptors (Lipinski definition) is 7. The van der Waals surface area contributed by atoms with E-state index in [1.165, 1.54) is 11.3 Å². The molecule has 0 aliphatic heterocycles. The normalized spacial score (nSPS) is 10.8. The quantitative estimate of drug-likeness (QED) is 0.453. The van der Waals surface area contributed by atoms with E-state index >= 15 is 0 Å². The Labute approximate surface area is 183 Å². The summed E-state index contributed by atoms with van der Waals surface area (Å²) in [6.07, 6.45) is 0.623. The molecule has 0 atom stereocenters. The van der Waals surface area contributed by atoms with Crippen molar-refractivity contribution >= 4 is 22.2 Å². The van der Waals surface area contributed by atoms with Gasteiger partial charge in [0.05, 0.1) is 27.0 Å². The first-order valence-electron chi connectivity index (χ1n) is 9.60. The molecule has 0 saturated heterocycles. The third-order valence-corrected chi connectivity index (χ3v) is 5.64. The molecule has 0 unspecified atom stereocenters. The molecule has 0 aliphatic rings. The van der Waals surface area contributed by atoms with E-state index in [1.807, 2.05) is 34.2 Å². The summed E-state index contributed by atoms with van der Waals surface area (Å²) in [6.45, 7) is 0.460. The Morgan fingerprint density at radius 3 is 2.32 bits per heavy atom. The van der Waals surface area contributed by atoms with E-state index in [0.29, 0.717) is 35.9 Å². The lowest BCUT2D eigenvalue weighted by atomic mass is 10.2. The smallest absolute Gasteiger partial charge is 0.251 e. The third-order valence-electron chi connectivity index (χ3n) is 4.78. The van der Waals surface area contributed by atoms with Gasteiger partial charge in [0.2, 0.25) is 4.96 Å². The molecule has 0 bridgehead atoms. The topological polar surface area (TPSA) is 87.0 Å².